The Bertz CT molecular complexity index is 1090. The average Bonchev–Trinajstić information content (AvgIpc) is 3.37. The minimum atomic E-state index is -4.61. The number of halogens is 3. The van der Waals surface area contributed by atoms with Gasteiger partial charge in [0.05, 0.1) is 24.0 Å². The molecule has 0 radical (unpaired) electrons. The van der Waals surface area contributed by atoms with E-state index in [9.17, 15) is 18.0 Å². The van der Waals surface area contributed by atoms with Gasteiger partial charge in [-0.1, -0.05) is 0 Å². The molecule has 0 aliphatic carbocycles. The summed E-state index contributed by atoms with van der Waals surface area (Å²) in [4.78, 5) is 16.7. The molecule has 0 spiro atoms. The van der Waals surface area contributed by atoms with E-state index >= 15 is 0 Å². The van der Waals surface area contributed by atoms with E-state index in [4.69, 9.17) is 4.74 Å². The molecule has 0 bridgehead atoms. The largest absolute Gasteiger partial charge is 0.478 e. The van der Waals surface area contributed by atoms with Gasteiger partial charge in [0.1, 0.15) is 5.69 Å². The Morgan fingerprint density at radius 1 is 1.30 bits per heavy atom. The fourth-order valence-corrected chi connectivity index (χ4v) is 3.42. The molecule has 1 amide bonds. The molecule has 0 fully saturated rings. The molecule has 4 heterocycles. The number of nitrogens with one attached hydrogen (secondary N) is 1. The van der Waals surface area contributed by atoms with Gasteiger partial charge >= 0.3 is 6.18 Å². The van der Waals surface area contributed by atoms with Gasteiger partial charge in [0.2, 0.25) is 5.88 Å². The monoisotopic (exact) mass is 420 g/mol. The van der Waals surface area contributed by atoms with Crippen molar-refractivity contribution in [2.24, 2.45) is 7.05 Å². The van der Waals surface area contributed by atoms with Gasteiger partial charge in [0.25, 0.3) is 5.91 Å². The van der Waals surface area contributed by atoms with Crippen LogP contribution in [0.25, 0.3) is 11.3 Å². The van der Waals surface area contributed by atoms with Crippen molar-refractivity contribution in [2.45, 2.75) is 32.1 Å². The first-order valence-electron chi connectivity index (χ1n) is 9.35. The first-order chi connectivity index (χ1) is 14.3. The first-order valence-corrected chi connectivity index (χ1v) is 9.35. The fourth-order valence-electron chi connectivity index (χ4n) is 3.42. The van der Waals surface area contributed by atoms with Gasteiger partial charge in [0.15, 0.2) is 5.69 Å². The van der Waals surface area contributed by atoms with E-state index in [-0.39, 0.29) is 11.7 Å². The minimum absolute atomic E-state index is 0.156. The van der Waals surface area contributed by atoms with Gasteiger partial charge < -0.3 is 10.1 Å². The number of carbonyl (C=O) groups is 1. The topological polar surface area (TPSA) is 86.9 Å². The molecule has 1 atom stereocenters. The van der Waals surface area contributed by atoms with Crippen molar-refractivity contribution in [3.05, 3.63) is 47.5 Å². The highest BCUT2D eigenvalue weighted by Gasteiger charge is 2.36. The van der Waals surface area contributed by atoms with E-state index in [1.807, 2.05) is 19.1 Å². The number of aryl methyl sites for hydroxylation is 2. The normalized spacial score (nSPS) is 15.8. The summed E-state index contributed by atoms with van der Waals surface area (Å²) in [6, 6.07) is 5.83. The first kappa shape index (κ1) is 19.9. The number of hydrogen-bond donors (Lipinski definition) is 1. The van der Waals surface area contributed by atoms with Crippen LogP contribution in [0.5, 0.6) is 5.88 Å². The maximum Gasteiger partial charge on any atom is 0.435 e. The van der Waals surface area contributed by atoms with Crippen LogP contribution in [0.4, 0.5) is 13.2 Å². The van der Waals surface area contributed by atoms with E-state index in [0.29, 0.717) is 31.1 Å². The third kappa shape index (κ3) is 3.74. The van der Waals surface area contributed by atoms with Gasteiger partial charge in [-0.25, -0.2) is 4.98 Å². The van der Waals surface area contributed by atoms with Crippen LogP contribution in [0.2, 0.25) is 0 Å². The molecule has 30 heavy (non-hydrogen) atoms. The molecule has 4 rings (SSSR count). The average molecular weight is 420 g/mol. The molecule has 11 heteroatoms. The van der Waals surface area contributed by atoms with E-state index in [1.165, 1.54) is 7.05 Å². The molecule has 0 unspecified atom stereocenters. The number of ether oxygens (including phenoxy) is 1. The van der Waals surface area contributed by atoms with Gasteiger partial charge in [-0.2, -0.15) is 23.4 Å². The number of carbonyl (C=O) groups excluding carboxylic acids is 1. The number of hydrogen-bond acceptors (Lipinski definition) is 5. The Kier molecular flexibility index (Phi) is 4.96. The zero-order chi connectivity index (χ0) is 21.5. The molecule has 3 aromatic rings. The van der Waals surface area contributed by atoms with Gasteiger partial charge in [-0.15, -0.1) is 0 Å². The van der Waals surface area contributed by atoms with Crippen molar-refractivity contribution in [1.82, 2.24) is 29.9 Å². The lowest BCUT2D eigenvalue weighted by Crippen LogP contribution is -2.28. The van der Waals surface area contributed by atoms with Crippen molar-refractivity contribution in [3.63, 3.8) is 0 Å². The van der Waals surface area contributed by atoms with Crippen molar-refractivity contribution >= 4 is 5.91 Å². The summed E-state index contributed by atoms with van der Waals surface area (Å²) in [6.07, 6.45) is -2.38. The molecule has 8 nitrogen and oxygen atoms in total. The Morgan fingerprint density at radius 2 is 2.10 bits per heavy atom. The Balaban J connectivity index is 1.54. The number of fused-ring (bicyclic) bond motifs is 1. The highest BCUT2D eigenvalue weighted by molar-refractivity contribution is 5.93. The van der Waals surface area contributed by atoms with Crippen molar-refractivity contribution in [2.75, 3.05) is 6.61 Å². The second-order valence-corrected chi connectivity index (χ2v) is 6.84. The van der Waals surface area contributed by atoms with Crippen LogP contribution >= 0.6 is 0 Å². The highest BCUT2D eigenvalue weighted by Crippen LogP contribution is 2.32. The van der Waals surface area contributed by atoms with Gasteiger partial charge in [-0.3, -0.25) is 14.2 Å². The molecule has 3 aromatic heterocycles. The lowest BCUT2D eigenvalue weighted by molar-refractivity contribution is -0.141. The number of aromatic nitrogens is 5. The van der Waals surface area contributed by atoms with E-state index in [0.717, 1.165) is 22.0 Å². The molecule has 0 aromatic carbocycles. The standard InChI is InChI=1S/C19H19F3N6O2/c1-3-30-17-8-11(4-6-23-17)13-9-14-12(5-7-28(14)25-13)24-18(29)15-10-16(19(20,21)22)26-27(15)2/h4,6,8-10,12H,3,5,7H2,1-2H3,(H,24,29)/t12-/m1/s1. The summed E-state index contributed by atoms with van der Waals surface area (Å²) in [5.41, 5.74) is 1.05. The van der Waals surface area contributed by atoms with Gasteiger partial charge in [0, 0.05) is 37.5 Å². The minimum Gasteiger partial charge on any atom is -0.478 e. The maximum absolute atomic E-state index is 12.9. The Hall–Kier alpha value is -3.37. The summed E-state index contributed by atoms with van der Waals surface area (Å²) < 4.78 is 46.7. The highest BCUT2D eigenvalue weighted by atomic mass is 19.4. The zero-order valence-corrected chi connectivity index (χ0v) is 16.3. The molecular weight excluding hydrogens is 401 g/mol. The molecule has 1 aliphatic heterocycles. The quantitative estimate of drug-likeness (QED) is 0.686. The molecule has 158 valence electrons. The van der Waals surface area contributed by atoms with E-state index in [2.05, 4.69) is 20.5 Å². The third-order valence-electron chi connectivity index (χ3n) is 4.83. The van der Waals surface area contributed by atoms with E-state index < -0.39 is 17.8 Å². The number of rotatable bonds is 5. The van der Waals surface area contributed by atoms with Gasteiger partial charge in [-0.05, 0) is 25.5 Å². The fraction of sp³-hybridized carbons (Fsp3) is 0.368. The summed E-state index contributed by atoms with van der Waals surface area (Å²) in [5.74, 6) is -0.131. The second-order valence-electron chi connectivity index (χ2n) is 6.84. The molecular formula is C19H19F3N6O2. The second kappa shape index (κ2) is 7.47. The summed E-state index contributed by atoms with van der Waals surface area (Å²) in [6.45, 7) is 2.95. The van der Waals surface area contributed by atoms with Crippen molar-refractivity contribution in [3.8, 4) is 17.1 Å². The summed E-state index contributed by atoms with van der Waals surface area (Å²) in [7, 11) is 1.31. The number of amides is 1. The SMILES string of the molecule is CCOc1cc(-c2cc3n(n2)CC[C@H]3NC(=O)c2cc(C(F)(F)F)nn2C)ccn1. The predicted octanol–water partition coefficient (Wildman–Crippen LogP) is 2.97. The maximum atomic E-state index is 12.9. The van der Waals surface area contributed by atoms with Crippen LogP contribution in [0, 0.1) is 0 Å². The molecule has 1 aliphatic rings. The number of pyridine rings is 1. The third-order valence-corrected chi connectivity index (χ3v) is 4.83. The molecule has 1 N–H and O–H groups in total. The summed E-state index contributed by atoms with van der Waals surface area (Å²) >= 11 is 0. The zero-order valence-electron chi connectivity index (χ0n) is 16.3. The lowest BCUT2D eigenvalue weighted by atomic mass is 10.1. The smallest absolute Gasteiger partial charge is 0.435 e. The van der Waals surface area contributed by atoms with Crippen LogP contribution in [0.3, 0.4) is 0 Å². The van der Waals surface area contributed by atoms with Crippen molar-refractivity contribution < 1.29 is 22.7 Å². The number of alkyl halides is 3. The molecule has 0 saturated carbocycles. The van der Waals surface area contributed by atoms with Crippen LogP contribution < -0.4 is 10.1 Å². The van der Waals surface area contributed by atoms with Crippen LogP contribution in [0.15, 0.2) is 30.5 Å². The van der Waals surface area contributed by atoms with Crippen LogP contribution in [-0.2, 0) is 19.8 Å². The van der Waals surface area contributed by atoms with Crippen molar-refractivity contribution in [1.29, 1.82) is 0 Å². The Morgan fingerprint density at radius 3 is 2.80 bits per heavy atom. The lowest BCUT2D eigenvalue weighted by Gasteiger charge is -2.11. The number of nitrogens with zero attached hydrogens (tertiary/aromatic N) is 5. The van der Waals surface area contributed by atoms with Crippen LogP contribution in [0.1, 0.15) is 41.3 Å². The molecule has 0 saturated heterocycles. The Labute approximate surface area is 169 Å². The predicted molar refractivity (Wildman–Crippen MR) is 99.7 cm³/mol. The summed E-state index contributed by atoms with van der Waals surface area (Å²) in [5, 5.41) is 10.7. The van der Waals surface area contributed by atoms with Crippen LogP contribution in [-0.4, -0.2) is 37.1 Å². The van der Waals surface area contributed by atoms with E-state index in [1.54, 1.807) is 16.9 Å².